The molecule has 0 aliphatic rings. The number of hydrogen-bond donors (Lipinski definition) is 0. The summed E-state index contributed by atoms with van der Waals surface area (Å²) in [7, 11) is 0. The summed E-state index contributed by atoms with van der Waals surface area (Å²) in [5.74, 6) is 0.508. The van der Waals surface area contributed by atoms with E-state index in [2.05, 4.69) is 21.7 Å². The van der Waals surface area contributed by atoms with Gasteiger partial charge in [0.25, 0.3) is 0 Å². The molecule has 118 valence electrons. The fourth-order valence-corrected chi connectivity index (χ4v) is 3.76. The average Bonchev–Trinajstić information content (AvgIpc) is 2.86. The van der Waals surface area contributed by atoms with Gasteiger partial charge in [-0.25, -0.2) is 0 Å². The lowest BCUT2D eigenvalue weighted by Crippen LogP contribution is -2.06. The smallest absolute Gasteiger partial charge is 0.174 e. The molecule has 4 nitrogen and oxygen atoms in total. The van der Waals surface area contributed by atoms with Crippen molar-refractivity contribution in [1.29, 1.82) is 0 Å². The first-order valence-electron chi connectivity index (χ1n) is 7.65. The van der Waals surface area contributed by atoms with Crippen molar-refractivity contribution in [2.24, 2.45) is 0 Å². The third-order valence-electron chi connectivity index (χ3n) is 4.07. The van der Waals surface area contributed by atoms with E-state index in [1.807, 2.05) is 44.2 Å². The monoisotopic (exact) mass is 325 g/mol. The lowest BCUT2D eigenvalue weighted by atomic mass is 10.2. The minimum absolute atomic E-state index is 0.137. The second kappa shape index (κ2) is 6.54. The summed E-state index contributed by atoms with van der Waals surface area (Å²) in [5, 5.41) is 11.1. The van der Waals surface area contributed by atoms with E-state index in [1.165, 1.54) is 11.8 Å². The van der Waals surface area contributed by atoms with Crippen LogP contribution in [0.15, 0.2) is 41.6 Å². The zero-order valence-corrected chi connectivity index (χ0v) is 14.4. The molecule has 0 amide bonds. The Kier molecular flexibility index (Phi) is 4.48. The van der Waals surface area contributed by atoms with Gasteiger partial charge in [0.05, 0.1) is 11.9 Å². The molecule has 0 bridgehead atoms. The van der Waals surface area contributed by atoms with Crippen molar-refractivity contribution in [3.05, 3.63) is 53.5 Å². The summed E-state index contributed by atoms with van der Waals surface area (Å²) in [5.41, 5.74) is 2.98. The number of aryl methyl sites for hydroxylation is 1. The van der Waals surface area contributed by atoms with Crippen LogP contribution in [0.1, 0.15) is 28.7 Å². The Hall–Kier alpha value is -2.14. The molecule has 0 N–H and O–H groups in total. The van der Waals surface area contributed by atoms with Crippen LogP contribution in [-0.2, 0) is 6.54 Å². The highest BCUT2D eigenvalue weighted by Crippen LogP contribution is 2.26. The minimum Gasteiger partial charge on any atom is -0.349 e. The van der Waals surface area contributed by atoms with Crippen molar-refractivity contribution in [2.45, 2.75) is 32.3 Å². The van der Waals surface area contributed by atoms with Gasteiger partial charge in [0.2, 0.25) is 0 Å². The standard InChI is InChI=1S/C18H19N3OS/c1-4-21-12(2)9-16(13(21)3)17(22)11-23-18-15-8-6-5-7-14(15)10-19-20-18/h5-10H,4,11H2,1-3H3. The molecule has 0 saturated carbocycles. The first-order valence-corrected chi connectivity index (χ1v) is 8.63. The van der Waals surface area contributed by atoms with Gasteiger partial charge in [-0.05, 0) is 26.8 Å². The Morgan fingerprint density at radius 1 is 1.26 bits per heavy atom. The van der Waals surface area contributed by atoms with Crippen molar-refractivity contribution in [3.8, 4) is 0 Å². The summed E-state index contributed by atoms with van der Waals surface area (Å²) in [6, 6.07) is 9.95. The van der Waals surface area contributed by atoms with Crippen molar-refractivity contribution >= 4 is 28.3 Å². The predicted molar refractivity (Wildman–Crippen MR) is 94.2 cm³/mol. The molecule has 0 aliphatic heterocycles. The van der Waals surface area contributed by atoms with E-state index in [0.29, 0.717) is 5.75 Å². The van der Waals surface area contributed by atoms with Gasteiger partial charge in [-0.15, -0.1) is 5.10 Å². The molecule has 23 heavy (non-hydrogen) atoms. The van der Waals surface area contributed by atoms with Gasteiger partial charge in [0.1, 0.15) is 5.03 Å². The molecule has 2 aromatic heterocycles. The normalized spacial score (nSPS) is 11.1. The zero-order chi connectivity index (χ0) is 16.4. The Labute approximate surface area is 139 Å². The quantitative estimate of drug-likeness (QED) is 0.524. The largest absolute Gasteiger partial charge is 0.349 e. The van der Waals surface area contributed by atoms with E-state index in [-0.39, 0.29) is 5.78 Å². The number of fused-ring (bicyclic) bond motifs is 1. The maximum Gasteiger partial charge on any atom is 0.174 e. The second-order valence-electron chi connectivity index (χ2n) is 5.48. The fraction of sp³-hybridized carbons (Fsp3) is 0.278. The van der Waals surface area contributed by atoms with Gasteiger partial charge in [-0.2, -0.15) is 5.10 Å². The highest BCUT2D eigenvalue weighted by Gasteiger charge is 2.16. The molecule has 0 radical (unpaired) electrons. The molecule has 3 rings (SSSR count). The number of carbonyl (C=O) groups is 1. The summed E-state index contributed by atoms with van der Waals surface area (Å²) in [6.45, 7) is 7.02. The predicted octanol–water partition coefficient (Wildman–Crippen LogP) is 4.04. The van der Waals surface area contributed by atoms with Crippen LogP contribution < -0.4 is 0 Å². The number of benzene rings is 1. The molecule has 0 fully saturated rings. The SMILES string of the molecule is CCn1c(C)cc(C(=O)CSc2nncc3ccccc23)c1C. The van der Waals surface area contributed by atoms with Crippen molar-refractivity contribution in [1.82, 2.24) is 14.8 Å². The minimum atomic E-state index is 0.137. The lowest BCUT2D eigenvalue weighted by Gasteiger charge is -2.06. The molecule has 0 atom stereocenters. The summed E-state index contributed by atoms with van der Waals surface area (Å²) in [6.07, 6.45) is 1.75. The van der Waals surface area contributed by atoms with Crippen LogP contribution in [0.2, 0.25) is 0 Å². The molecule has 3 aromatic rings. The van der Waals surface area contributed by atoms with Crippen LogP contribution in [0.25, 0.3) is 10.8 Å². The van der Waals surface area contributed by atoms with Crippen LogP contribution in [-0.4, -0.2) is 26.3 Å². The number of aromatic nitrogens is 3. The topological polar surface area (TPSA) is 47.8 Å². The summed E-state index contributed by atoms with van der Waals surface area (Å²) in [4.78, 5) is 12.6. The first kappa shape index (κ1) is 15.7. The van der Waals surface area contributed by atoms with E-state index in [9.17, 15) is 4.79 Å². The van der Waals surface area contributed by atoms with Gasteiger partial charge in [0, 0.05) is 34.3 Å². The van der Waals surface area contributed by atoms with Crippen LogP contribution >= 0.6 is 11.8 Å². The summed E-state index contributed by atoms with van der Waals surface area (Å²) >= 11 is 1.45. The van der Waals surface area contributed by atoms with Crippen LogP contribution in [0, 0.1) is 13.8 Å². The molecule has 2 heterocycles. The highest BCUT2D eigenvalue weighted by molar-refractivity contribution is 8.00. The number of Topliss-reactive ketones (excluding diaryl/α,β-unsaturated/α-hetero) is 1. The van der Waals surface area contributed by atoms with Gasteiger partial charge in [-0.1, -0.05) is 36.0 Å². The van der Waals surface area contributed by atoms with E-state index in [0.717, 1.165) is 39.3 Å². The van der Waals surface area contributed by atoms with Crippen LogP contribution in [0.5, 0.6) is 0 Å². The van der Waals surface area contributed by atoms with Gasteiger partial charge in [0.15, 0.2) is 5.78 Å². The van der Waals surface area contributed by atoms with E-state index in [4.69, 9.17) is 0 Å². The van der Waals surface area contributed by atoms with Crippen molar-refractivity contribution < 1.29 is 4.79 Å². The molecule has 0 unspecified atom stereocenters. The molecule has 0 saturated heterocycles. The third kappa shape index (κ3) is 3.01. The molecule has 0 spiro atoms. The lowest BCUT2D eigenvalue weighted by molar-refractivity contribution is 0.102. The molecular formula is C18H19N3OS. The summed E-state index contributed by atoms with van der Waals surface area (Å²) < 4.78 is 2.16. The Balaban J connectivity index is 1.81. The van der Waals surface area contributed by atoms with Crippen molar-refractivity contribution in [2.75, 3.05) is 5.75 Å². The maximum atomic E-state index is 12.6. The number of hydrogen-bond acceptors (Lipinski definition) is 4. The third-order valence-corrected chi connectivity index (χ3v) is 5.05. The zero-order valence-electron chi connectivity index (χ0n) is 13.5. The van der Waals surface area contributed by atoms with E-state index < -0.39 is 0 Å². The Morgan fingerprint density at radius 2 is 2.04 bits per heavy atom. The highest BCUT2D eigenvalue weighted by atomic mass is 32.2. The number of nitrogens with zero attached hydrogens (tertiary/aromatic N) is 3. The van der Waals surface area contributed by atoms with E-state index >= 15 is 0 Å². The van der Waals surface area contributed by atoms with Gasteiger partial charge >= 0.3 is 0 Å². The number of rotatable bonds is 5. The average molecular weight is 325 g/mol. The molecular weight excluding hydrogens is 306 g/mol. The maximum absolute atomic E-state index is 12.6. The molecule has 0 aliphatic carbocycles. The first-order chi connectivity index (χ1) is 11.1. The number of ketones is 1. The second-order valence-corrected chi connectivity index (χ2v) is 6.44. The van der Waals surface area contributed by atoms with Crippen LogP contribution in [0.3, 0.4) is 0 Å². The van der Waals surface area contributed by atoms with Crippen LogP contribution in [0.4, 0.5) is 0 Å². The van der Waals surface area contributed by atoms with E-state index in [1.54, 1.807) is 6.20 Å². The van der Waals surface area contributed by atoms with Gasteiger partial charge in [-0.3, -0.25) is 4.79 Å². The molecule has 5 heteroatoms. The molecule has 1 aromatic carbocycles. The Morgan fingerprint density at radius 3 is 2.78 bits per heavy atom. The van der Waals surface area contributed by atoms with Crippen molar-refractivity contribution in [3.63, 3.8) is 0 Å². The number of carbonyl (C=O) groups excluding carboxylic acids is 1. The number of thioether (sulfide) groups is 1. The van der Waals surface area contributed by atoms with Gasteiger partial charge < -0.3 is 4.57 Å². The fourth-order valence-electron chi connectivity index (χ4n) is 2.89. The Bertz CT molecular complexity index is 865.